The first-order chi connectivity index (χ1) is 8.36. The first-order valence-corrected chi connectivity index (χ1v) is 5.66. The third kappa shape index (κ3) is 1.97. The molecule has 0 amide bonds. The van der Waals surface area contributed by atoms with E-state index in [1.165, 1.54) is 11.1 Å². The van der Waals surface area contributed by atoms with E-state index in [0.717, 1.165) is 17.9 Å². The predicted molar refractivity (Wildman–Crippen MR) is 63.2 cm³/mol. The number of nitrogens with zero attached hydrogens (tertiary/aromatic N) is 1. The van der Waals surface area contributed by atoms with E-state index in [-0.39, 0.29) is 0 Å². The van der Waals surface area contributed by atoms with Crippen molar-refractivity contribution < 1.29 is 9.15 Å². The molecule has 1 N–H and O–H groups in total. The summed E-state index contributed by atoms with van der Waals surface area (Å²) in [5.74, 6) is 1.52. The second-order valence-corrected chi connectivity index (χ2v) is 4.12. The van der Waals surface area contributed by atoms with Crippen LogP contribution < -0.4 is 5.32 Å². The fourth-order valence-electron chi connectivity index (χ4n) is 2.00. The number of oxazole rings is 1. The van der Waals surface area contributed by atoms with Gasteiger partial charge in [0.05, 0.1) is 26.0 Å². The van der Waals surface area contributed by atoms with E-state index >= 15 is 0 Å². The minimum Gasteiger partial charge on any atom is -0.439 e. The molecule has 0 fully saturated rings. The molecule has 0 aliphatic carbocycles. The summed E-state index contributed by atoms with van der Waals surface area (Å²) < 4.78 is 11.0. The van der Waals surface area contributed by atoms with Crippen LogP contribution in [0.25, 0.3) is 11.3 Å². The Hall–Kier alpha value is -1.65. The lowest BCUT2D eigenvalue weighted by molar-refractivity contribution is 0.134. The first-order valence-electron chi connectivity index (χ1n) is 5.66. The Bertz CT molecular complexity index is 534. The molecular weight excluding hydrogens is 216 g/mol. The quantitative estimate of drug-likeness (QED) is 0.877. The average molecular weight is 230 g/mol. The highest BCUT2D eigenvalue weighted by Gasteiger charge is 2.13. The van der Waals surface area contributed by atoms with Gasteiger partial charge in [0.1, 0.15) is 0 Å². The molecule has 88 valence electrons. The van der Waals surface area contributed by atoms with Gasteiger partial charge in [0.25, 0.3) is 0 Å². The van der Waals surface area contributed by atoms with Crippen LogP contribution in [0.2, 0.25) is 0 Å². The van der Waals surface area contributed by atoms with Crippen LogP contribution in [0.4, 0.5) is 0 Å². The lowest BCUT2D eigenvalue weighted by atomic mass is 10.1. The minimum absolute atomic E-state index is 0.647. The smallest absolute Gasteiger partial charge is 0.208 e. The maximum Gasteiger partial charge on any atom is 0.208 e. The van der Waals surface area contributed by atoms with E-state index < -0.39 is 0 Å². The largest absolute Gasteiger partial charge is 0.439 e. The van der Waals surface area contributed by atoms with Crippen molar-refractivity contribution in [1.29, 1.82) is 0 Å². The molecule has 0 spiro atoms. The lowest BCUT2D eigenvalue weighted by Gasteiger charge is -2.00. The Balaban J connectivity index is 1.92. The lowest BCUT2D eigenvalue weighted by Crippen LogP contribution is -2.04. The van der Waals surface area contributed by atoms with Crippen LogP contribution >= 0.6 is 0 Å². The molecule has 1 aliphatic rings. The summed E-state index contributed by atoms with van der Waals surface area (Å²) in [5, 5.41) is 3.01. The Morgan fingerprint density at radius 3 is 3.06 bits per heavy atom. The fraction of sp³-hybridized carbons (Fsp3) is 0.308. The van der Waals surface area contributed by atoms with Gasteiger partial charge >= 0.3 is 0 Å². The summed E-state index contributed by atoms with van der Waals surface area (Å²) in [5.41, 5.74) is 3.57. The van der Waals surface area contributed by atoms with Crippen LogP contribution in [0.3, 0.4) is 0 Å². The Morgan fingerprint density at radius 2 is 2.18 bits per heavy atom. The van der Waals surface area contributed by atoms with Crippen LogP contribution in [0.5, 0.6) is 0 Å². The van der Waals surface area contributed by atoms with E-state index in [4.69, 9.17) is 9.15 Å². The summed E-state index contributed by atoms with van der Waals surface area (Å²) in [6, 6.07) is 6.26. The average Bonchev–Trinajstić information content (AvgIpc) is 2.96. The second-order valence-electron chi connectivity index (χ2n) is 4.12. The second kappa shape index (κ2) is 4.31. The molecular formula is C13H14N2O2. The van der Waals surface area contributed by atoms with Crippen molar-refractivity contribution in [2.24, 2.45) is 0 Å². The zero-order valence-corrected chi connectivity index (χ0v) is 9.69. The zero-order chi connectivity index (χ0) is 11.7. The van der Waals surface area contributed by atoms with E-state index in [0.29, 0.717) is 19.0 Å². The van der Waals surface area contributed by atoms with Gasteiger partial charge in [-0.3, -0.25) is 0 Å². The van der Waals surface area contributed by atoms with Crippen molar-refractivity contribution >= 4 is 0 Å². The van der Waals surface area contributed by atoms with Crippen LogP contribution in [0.1, 0.15) is 17.0 Å². The topological polar surface area (TPSA) is 47.3 Å². The van der Waals surface area contributed by atoms with Crippen LogP contribution in [-0.4, -0.2) is 12.0 Å². The van der Waals surface area contributed by atoms with Gasteiger partial charge in [-0.15, -0.1) is 0 Å². The first kappa shape index (κ1) is 10.5. The molecule has 2 aromatic rings. The Kier molecular flexibility index (Phi) is 2.66. The van der Waals surface area contributed by atoms with Gasteiger partial charge in [-0.05, 0) is 24.2 Å². The fourth-order valence-corrected chi connectivity index (χ4v) is 2.00. The summed E-state index contributed by atoms with van der Waals surface area (Å²) >= 11 is 0. The molecule has 1 aromatic carbocycles. The van der Waals surface area contributed by atoms with Gasteiger partial charge < -0.3 is 14.5 Å². The van der Waals surface area contributed by atoms with E-state index in [1.807, 2.05) is 7.05 Å². The van der Waals surface area contributed by atoms with Gasteiger partial charge in [0, 0.05) is 5.56 Å². The van der Waals surface area contributed by atoms with Crippen molar-refractivity contribution in [3.63, 3.8) is 0 Å². The molecule has 1 aromatic heterocycles. The normalized spacial score (nSPS) is 13.9. The van der Waals surface area contributed by atoms with Gasteiger partial charge in [-0.25, -0.2) is 4.98 Å². The third-order valence-electron chi connectivity index (χ3n) is 2.89. The molecule has 0 saturated heterocycles. The zero-order valence-electron chi connectivity index (χ0n) is 9.69. The molecule has 0 bridgehead atoms. The molecule has 0 atom stereocenters. The van der Waals surface area contributed by atoms with E-state index in [1.54, 1.807) is 6.20 Å². The Morgan fingerprint density at radius 1 is 1.29 bits per heavy atom. The number of rotatable bonds is 3. The number of nitrogens with one attached hydrogen (secondary N) is 1. The molecule has 1 aliphatic heterocycles. The van der Waals surface area contributed by atoms with Crippen molar-refractivity contribution in [2.75, 3.05) is 7.05 Å². The molecule has 0 radical (unpaired) electrons. The predicted octanol–water partition coefficient (Wildman–Crippen LogP) is 2.09. The molecule has 0 saturated carbocycles. The van der Waals surface area contributed by atoms with Crippen LogP contribution in [0, 0.1) is 0 Å². The highest BCUT2D eigenvalue weighted by Crippen LogP contribution is 2.27. The van der Waals surface area contributed by atoms with Gasteiger partial charge in [0.2, 0.25) is 5.89 Å². The van der Waals surface area contributed by atoms with Crippen molar-refractivity contribution in [1.82, 2.24) is 10.3 Å². The number of benzene rings is 1. The maximum atomic E-state index is 5.66. The van der Waals surface area contributed by atoms with Crippen molar-refractivity contribution in [3.8, 4) is 11.3 Å². The summed E-state index contributed by atoms with van der Waals surface area (Å²) in [6.07, 6.45) is 1.77. The van der Waals surface area contributed by atoms with Gasteiger partial charge in [0.15, 0.2) is 5.76 Å². The van der Waals surface area contributed by atoms with Crippen LogP contribution in [0.15, 0.2) is 28.8 Å². The summed E-state index contributed by atoms with van der Waals surface area (Å²) in [6.45, 7) is 2.06. The number of hydrogen-bond acceptors (Lipinski definition) is 4. The third-order valence-corrected chi connectivity index (χ3v) is 2.89. The number of fused-ring (bicyclic) bond motifs is 1. The highest BCUT2D eigenvalue weighted by atomic mass is 16.5. The maximum absolute atomic E-state index is 5.66. The van der Waals surface area contributed by atoms with E-state index in [9.17, 15) is 0 Å². The van der Waals surface area contributed by atoms with Crippen molar-refractivity contribution in [2.45, 2.75) is 19.8 Å². The minimum atomic E-state index is 0.647. The number of hydrogen-bond donors (Lipinski definition) is 1. The van der Waals surface area contributed by atoms with Gasteiger partial charge in [-0.1, -0.05) is 12.1 Å². The Labute approximate surface area is 99.6 Å². The standard InChI is InChI=1S/C13H14N2O2/c1-14-6-13-15-5-12(17-13)9-2-3-10-7-16-8-11(10)4-9/h2-5,14H,6-8H2,1H3. The molecule has 2 heterocycles. The van der Waals surface area contributed by atoms with E-state index in [2.05, 4.69) is 28.5 Å². The molecule has 17 heavy (non-hydrogen) atoms. The molecule has 4 nitrogen and oxygen atoms in total. The monoisotopic (exact) mass is 230 g/mol. The molecule has 4 heteroatoms. The van der Waals surface area contributed by atoms with Gasteiger partial charge in [-0.2, -0.15) is 0 Å². The van der Waals surface area contributed by atoms with Crippen molar-refractivity contribution in [3.05, 3.63) is 41.4 Å². The highest BCUT2D eigenvalue weighted by molar-refractivity contribution is 5.59. The number of ether oxygens (including phenoxy) is 1. The number of aromatic nitrogens is 1. The molecule has 3 rings (SSSR count). The summed E-state index contributed by atoms with van der Waals surface area (Å²) in [4.78, 5) is 4.22. The SMILES string of the molecule is CNCc1ncc(-c2ccc3c(c2)COC3)o1. The molecule has 0 unspecified atom stereocenters. The summed E-state index contributed by atoms with van der Waals surface area (Å²) in [7, 11) is 1.87. The van der Waals surface area contributed by atoms with Crippen LogP contribution in [-0.2, 0) is 24.5 Å².